The number of anilines is 1. The quantitative estimate of drug-likeness (QED) is 0.792. The molecular weight excluding hydrogens is 380 g/mol. The number of amides is 3. The molecule has 1 saturated heterocycles. The average Bonchev–Trinajstić information content (AvgIpc) is 3.17. The minimum Gasteiger partial charge on any atom is -0.487 e. The summed E-state index contributed by atoms with van der Waals surface area (Å²) in [4.78, 5) is 32.6. The van der Waals surface area contributed by atoms with Gasteiger partial charge in [0.25, 0.3) is 0 Å². The van der Waals surface area contributed by atoms with Crippen LogP contribution in [0.2, 0.25) is 0 Å². The number of carbonyl (C=O) groups is 2. The van der Waals surface area contributed by atoms with E-state index in [9.17, 15) is 9.59 Å². The highest BCUT2D eigenvalue weighted by atomic mass is 16.5. The van der Waals surface area contributed by atoms with Crippen LogP contribution in [0.5, 0.6) is 5.75 Å². The largest absolute Gasteiger partial charge is 0.487 e. The van der Waals surface area contributed by atoms with Gasteiger partial charge in [-0.25, -0.2) is 4.79 Å². The van der Waals surface area contributed by atoms with Crippen LogP contribution in [0.15, 0.2) is 42.7 Å². The van der Waals surface area contributed by atoms with Gasteiger partial charge in [-0.05, 0) is 54.3 Å². The van der Waals surface area contributed by atoms with Crippen LogP contribution in [-0.2, 0) is 17.9 Å². The van der Waals surface area contributed by atoms with Crippen molar-refractivity contribution in [3.63, 3.8) is 0 Å². The minimum absolute atomic E-state index is 0.0282. The van der Waals surface area contributed by atoms with Crippen molar-refractivity contribution >= 4 is 17.6 Å². The molecule has 3 amide bonds. The topological polar surface area (TPSA) is 74.8 Å². The van der Waals surface area contributed by atoms with Gasteiger partial charge in [0.1, 0.15) is 11.9 Å². The summed E-state index contributed by atoms with van der Waals surface area (Å²) in [6.45, 7) is 6.55. The van der Waals surface area contributed by atoms with Gasteiger partial charge in [-0.3, -0.25) is 9.78 Å². The Morgan fingerprint density at radius 3 is 2.43 bits per heavy atom. The SMILES string of the molecule is CCC(CC)C(=O)N1CC(Oc2ccc(NC(=O)N3Cc4ccncc4C3)cc2)C1. The van der Waals surface area contributed by atoms with E-state index in [2.05, 4.69) is 24.1 Å². The number of hydrogen-bond donors (Lipinski definition) is 1. The number of nitrogens with zero attached hydrogens (tertiary/aromatic N) is 3. The van der Waals surface area contributed by atoms with Gasteiger partial charge in [0, 0.05) is 37.1 Å². The molecule has 2 aliphatic heterocycles. The molecule has 0 bridgehead atoms. The van der Waals surface area contributed by atoms with Crippen LogP contribution in [0, 0.1) is 5.92 Å². The van der Waals surface area contributed by atoms with E-state index in [1.54, 1.807) is 11.1 Å². The molecule has 0 spiro atoms. The number of aromatic nitrogens is 1. The van der Waals surface area contributed by atoms with Gasteiger partial charge in [0.2, 0.25) is 5.91 Å². The number of pyridine rings is 1. The van der Waals surface area contributed by atoms with E-state index in [-0.39, 0.29) is 24.0 Å². The lowest BCUT2D eigenvalue weighted by atomic mass is 9.99. The van der Waals surface area contributed by atoms with Crippen molar-refractivity contribution in [2.75, 3.05) is 18.4 Å². The summed E-state index contributed by atoms with van der Waals surface area (Å²) in [7, 11) is 0. The van der Waals surface area contributed by atoms with E-state index >= 15 is 0 Å². The van der Waals surface area contributed by atoms with Crippen molar-refractivity contribution in [3.05, 3.63) is 53.9 Å². The third-order valence-corrected chi connectivity index (χ3v) is 5.92. The number of rotatable bonds is 6. The predicted octanol–water partition coefficient (Wildman–Crippen LogP) is 3.66. The van der Waals surface area contributed by atoms with Crippen molar-refractivity contribution in [2.24, 2.45) is 5.92 Å². The first-order valence-electron chi connectivity index (χ1n) is 10.6. The fourth-order valence-electron chi connectivity index (χ4n) is 3.96. The summed E-state index contributed by atoms with van der Waals surface area (Å²) >= 11 is 0. The maximum atomic E-state index is 12.5. The summed E-state index contributed by atoms with van der Waals surface area (Å²) in [6.07, 6.45) is 5.35. The number of nitrogens with one attached hydrogen (secondary N) is 1. The van der Waals surface area contributed by atoms with Crippen LogP contribution in [-0.4, -0.2) is 45.9 Å². The zero-order chi connectivity index (χ0) is 21.1. The van der Waals surface area contributed by atoms with E-state index in [4.69, 9.17) is 4.74 Å². The molecule has 7 nitrogen and oxygen atoms in total. The molecule has 1 fully saturated rings. The first kappa shape index (κ1) is 20.2. The molecule has 2 aromatic rings. The maximum Gasteiger partial charge on any atom is 0.322 e. The Balaban J connectivity index is 1.24. The normalized spacial score (nSPS) is 15.7. The summed E-state index contributed by atoms with van der Waals surface area (Å²) in [6, 6.07) is 9.20. The molecule has 30 heavy (non-hydrogen) atoms. The summed E-state index contributed by atoms with van der Waals surface area (Å²) < 4.78 is 5.96. The second-order valence-electron chi connectivity index (χ2n) is 7.95. The van der Waals surface area contributed by atoms with Crippen LogP contribution >= 0.6 is 0 Å². The number of carbonyl (C=O) groups excluding carboxylic acids is 2. The predicted molar refractivity (Wildman–Crippen MR) is 114 cm³/mol. The highest BCUT2D eigenvalue weighted by Gasteiger charge is 2.34. The molecule has 0 unspecified atom stereocenters. The number of hydrogen-bond acceptors (Lipinski definition) is 4. The maximum absolute atomic E-state index is 12.5. The molecule has 1 N–H and O–H groups in total. The van der Waals surface area contributed by atoms with Crippen molar-refractivity contribution in [2.45, 2.75) is 45.9 Å². The third kappa shape index (κ3) is 4.25. The van der Waals surface area contributed by atoms with Crippen molar-refractivity contribution in [1.82, 2.24) is 14.8 Å². The number of likely N-dealkylation sites (tertiary alicyclic amines) is 1. The Labute approximate surface area is 177 Å². The second kappa shape index (κ2) is 8.73. The summed E-state index contributed by atoms with van der Waals surface area (Å²) in [5, 5.41) is 2.93. The lowest BCUT2D eigenvalue weighted by molar-refractivity contribution is -0.144. The first-order valence-corrected chi connectivity index (χ1v) is 10.6. The van der Waals surface area contributed by atoms with E-state index in [0.29, 0.717) is 26.2 Å². The number of fused-ring (bicyclic) bond motifs is 1. The fraction of sp³-hybridized carbons (Fsp3) is 0.435. The zero-order valence-corrected chi connectivity index (χ0v) is 17.5. The Kier molecular flexibility index (Phi) is 5.88. The molecule has 158 valence electrons. The smallest absolute Gasteiger partial charge is 0.322 e. The average molecular weight is 409 g/mol. The summed E-state index contributed by atoms with van der Waals surface area (Å²) in [5.74, 6) is 1.10. The third-order valence-electron chi connectivity index (χ3n) is 5.92. The van der Waals surface area contributed by atoms with Gasteiger partial charge in [-0.2, -0.15) is 0 Å². The number of benzene rings is 1. The first-order chi connectivity index (χ1) is 14.6. The Hall–Kier alpha value is -3.09. The molecule has 3 heterocycles. The monoisotopic (exact) mass is 408 g/mol. The molecular formula is C23H28N4O3. The Bertz CT molecular complexity index is 880. The van der Waals surface area contributed by atoms with Crippen LogP contribution in [0.3, 0.4) is 0 Å². The molecule has 0 radical (unpaired) electrons. The van der Waals surface area contributed by atoms with Gasteiger partial charge in [0.05, 0.1) is 13.1 Å². The van der Waals surface area contributed by atoms with Crippen LogP contribution in [0.4, 0.5) is 10.5 Å². The number of ether oxygens (including phenoxy) is 1. The molecule has 0 atom stereocenters. The Morgan fingerprint density at radius 2 is 1.77 bits per heavy atom. The van der Waals surface area contributed by atoms with Crippen molar-refractivity contribution in [1.29, 1.82) is 0 Å². The van der Waals surface area contributed by atoms with Crippen molar-refractivity contribution in [3.8, 4) is 5.75 Å². The van der Waals surface area contributed by atoms with Gasteiger partial charge in [0.15, 0.2) is 0 Å². The molecule has 0 saturated carbocycles. The van der Waals surface area contributed by atoms with Gasteiger partial charge < -0.3 is 19.9 Å². The van der Waals surface area contributed by atoms with Gasteiger partial charge in [-0.15, -0.1) is 0 Å². The van der Waals surface area contributed by atoms with Gasteiger partial charge >= 0.3 is 6.03 Å². The Morgan fingerprint density at radius 1 is 1.07 bits per heavy atom. The molecule has 4 rings (SSSR count). The molecule has 0 aliphatic carbocycles. The second-order valence-corrected chi connectivity index (χ2v) is 7.95. The van der Waals surface area contributed by atoms with E-state index in [0.717, 1.165) is 35.4 Å². The molecule has 1 aromatic carbocycles. The number of urea groups is 1. The minimum atomic E-state index is -0.130. The standard InChI is InChI=1S/C23H28N4O3/c1-3-16(4-2)22(28)26-14-21(15-26)30-20-7-5-19(6-8-20)25-23(29)27-12-17-9-10-24-11-18(17)13-27/h5-11,16,21H,3-4,12-15H2,1-2H3,(H,25,29). The van der Waals surface area contributed by atoms with Crippen LogP contribution in [0.25, 0.3) is 0 Å². The lowest BCUT2D eigenvalue weighted by Gasteiger charge is -2.40. The zero-order valence-electron chi connectivity index (χ0n) is 17.5. The van der Waals surface area contributed by atoms with E-state index < -0.39 is 0 Å². The van der Waals surface area contributed by atoms with Crippen LogP contribution < -0.4 is 10.1 Å². The van der Waals surface area contributed by atoms with Crippen molar-refractivity contribution < 1.29 is 14.3 Å². The highest BCUT2D eigenvalue weighted by Crippen LogP contribution is 2.25. The molecule has 2 aliphatic rings. The molecule has 1 aromatic heterocycles. The van der Waals surface area contributed by atoms with Gasteiger partial charge in [-0.1, -0.05) is 13.8 Å². The molecule has 7 heteroatoms. The summed E-state index contributed by atoms with van der Waals surface area (Å²) in [5.41, 5.74) is 2.95. The van der Waals surface area contributed by atoms with E-state index in [1.165, 1.54) is 0 Å². The lowest BCUT2D eigenvalue weighted by Crippen LogP contribution is -2.57. The highest BCUT2D eigenvalue weighted by molar-refractivity contribution is 5.89. The fourth-order valence-corrected chi connectivity index (χ4v) is 3.96. The van der Waals surface area contributed by atoms with Crippen LogP contribution in [0.1, 0.15) is 37.8 Å². The van der Waals surface area contributed by atoms with E-state index in [1.807, 2.05) is 41.4 Å².